The fourth-order valence-electron chi connectivity index (χ4n) is 1.68. The highest BCUT2D eigenvalue weighted by atomic mass is 35.5. The molecule has 1 N–H and O–H groups in total. The second-order valence-corrected chi connectivity index (χ2v) is 4.44. The number of nitrogens with zero attached hydrogens (tertiary/aromatic N) is 1. The van der Waals surface area contributed by atoms with Gasteiger partial charge in [0.25, 0.3) is 0 Å². The van der Waals surface area contributed by atoms with E-state index in [1.54, 1.807) is 36.5 Å². The average molecular weight is 274 g/mol. The van der Waals surface area contributed by atoms with Gasteiger partial charge in [-0.25, -0.2) is 4.79 Å². The maximum absolute atomic E-state index is 11.1. The van der Waals surface area contributed by atoms with Gasteiger partial charge in [0.1, 0.15) is 0 Å². The van der Waals surface area contributed by atoms with Crippen LogP contribution in [0.4, 0.5) is 5.69 Å². The number of carbonyl (C=O) groups is 1. The molecule has 3 nitrogen and oxygen atoms in total. The Morgan fingerprint density at radius 3 is 2.68 bits per heavy atom. The third-order valence-electron chi connectivity index (χ3n) is 2.77. The van der Waals surface area contributed by atoms with Crippen LogP contribution in [0, 0.1) is 6.92 Å². The second kappa shape index (κ2) is 5.67. The van der Waals surface area contributed by atoms with Gasteiger partial charge in [-0.3, -0.25) is 4.99 Å². The Bertz CT molecular complexity index is 650. The third kappa shape index (κ3) is 3.01. The minimum atomic E-state index is -0.968. The van der Waals surface area contributed by atoms with Gasteiger partial charge in [0.05, 0.1) is 11.3 Å². The molecule has 2 rings (SSSR count). The standard InChI is InChI=1S/C15H12ClNO2/c1-10-13(16)7-4-8-14(10)17-9-11-5-2-3-6-12(11)15(18)19/h2-9H,1H3,(H,18,19). The quantitative estimate of drug-likeness (QED) is 0.856. The van der Waals surface area contributed by atoms with Gasteiger partial charge in [-0.15, -0.1) is 0 Å². The average Bonchev–Trinajstić information content (AvgIpc) is 2.40. The van der Waals surface area contributed by atoms with E-state index in [1.165, 1.54) is 0 Å². The fourth-order valence-corrected chi connectivity index (χ4v) is 1.85. The Kier molecular flexibility index (Phi) is 3.97. The summed E-state index contributed by atoms with van der Waals surface area (Å²) >= 11 is 6.01. The molecule has 0 amide bonds. The van der Waals surface area contributed by atoms with E-state index in [1.807, 2.05) is 19.1 Å². The largest absolute Gasteiger partial charge is 0.478 e. The number of hydrogen-bond acceptors (Lipinski definition) is 2. The lowest BCUT2D eigenvalue weighted by molar-refractivity contribution is 0.0697. The van der Waals surface area contributed by atoms with Crippen LogP contribution < -0.4 is 0 Å². The van der Waals surface area contributed by atoms with Crippen molar-refractivity contribution in [2.24, 2.45) is 4.99 Å². The number of carboxylic acids is 1. The number of aliphatic imine (C=N–C) groups is 1. The lowest BCUT2D eigenvalue weighted by Crippen LogP contribution is -2.01. The molecule has 0 aliphatic carbocycles. The van der Waals surface area contributed by atoms with E-state index in [9.17, 15) is 4.79 Å². The summed E-state index contributed by atoms with van der Waals surface area (Å²) in [4.78, 5) is 15.4. The molecule has 0 radical (unpaired) electrons. The molecule has 0 spiro atoms. The van der Waals surface area contributed by atoms with Crippen LogP contribution in [0.1, 0.15) is 21.5 Å². The van der Waals surface area contributed by atoms with Crippen molar-refractivity contribution in [3.63, 3.8) is 0 Å². The zero-order chi connectivity index (χ0) is 13.8. The van der Waals surface area contributed by atoms with Crippen LogP contribution >= 0.6 is 11.6 Å². The van der Waals surface area contributed by atoms with Gasteiger partial charge in [-0.05, 0) is 30.7 Å². The van der Waals surface area contributed by atoms with Crippen LogP contribution in [-0.2, 0) is 0 Å². The first-order valence-corrected chi connectivity index (χ1v) is 6.09. The zero-order valence-electron chi connectivity index (χ0n) is 10.3. The van der Waals surface area contributed by atoms with Gasteiger partial charge in [0, 0.05) is 16.8 Å². The lowest BCUT2D eigenvalue weighted by atomic mass is 10.1. The summed E-state index contributed by atoms with van der Waals surface area (Å²) in [6, 6.07) is 12.2. The first kappa shape index (κ1) is 13.3. The minimum Gasteiger partial charge on any atom is -0.478 e. The smallest absolute Gasteiger partial charge is 0.336 e. The Morgan fingerprint density at radius 2 is 1.95 bits per heavy atom. The number of carboxylic acid groups (broad SMARTS) is 1. The highest BCUT2D eigenvalue weighted by Crippen LogP contribution is 2.25. The summed E-state index contributed by atoms with van der Waals surface area (Å²) in [5.74, 6) is -0.968. The third-order valence-corrected chi connectivity index (χ3v) is 3.18. The summed E-state index contributed by atoms with van der Waals surface area (Å²) in [7, 11) is 0. The van der Waals surface area contributed by atoms with E-state index in [0.29, 0.717) is 10.6 Å². The zero-order valence-corrected chi connectivity index (χ0v) is 11.1. The SMILES string of the molecule is Cc1c(Cl)cccc1N=Cc1ccccc1C(=O)O. The second-order valence-electron chi connectivity index (χ2n) is 4.03. The van der Waals surface area contributed by atoms with Crippen molar-refractivity contribution in [3.8, 4) is 0 Å². The molecule has 0 aliphatic rings. The normalized spacial score (nSPS) is 10.8. The molecule has 0 aliphatic heterocycles. The van der Waals surface area contributed by atoms with Crippen molar-refractivity contribution in [2.75, 3.05) is 0 Å². The van der Waals surface area contributed by atoms with Crippen LogP contribution in [-0.4, -0.2) is 17.3 Å². The summed E-state index contributed by atoms with van der Waals surface area (Å²) in [6.45, 7) is 1.87. The van der Waals surface area contributed by atoms with Crippen LogP contribution in [0.25, 0.3) is 0 Å². The van der Waals surface area contributed by atoms with E-state index in [2.05, 4.69) is 4.99 Å². The van der Waals surface area contributed by atoms with Crippen molar-refractivity contribution < 1.29 is 9.90 Å². The summed E-state index contributed by atoms with van der Waals surface area (Å²) in [5, 5.41) is 9.72. The van der Waals surface area contributed by atoms with E-state index in [-0.39, 0.29) is 5.56 Å². The molecule has 0 atom stereocenters. The Morgan fingerprint density at radius 1 is 1.21 bits per heavy atom. The monoisotopic (exact) mass is 273 g/mol. The topological polar surface area (TPSA) is 49.7 Å². The number of rotatable bonds is 3. The minimum absolute atomic E-state index is 0.228. The molecule has 0 saturated carbocycles. The summed E-state index contributed by atoms with van der Waals surface area (Å²) in [5.41, 5.74) is 2.39. The predicted molar refractivity (Wildman–Crippen MR) is 76.8 cm³/mol. The molecule has 0 aromatic heterocycles. The van der Waals surface area contributed by atoms with Crippen LogP contribution in [0.15, 0.2) is 47.5 Å². The molecular formula is C15H12ClNO2. The lowest BCUT2D eigenvalue weighted by Gasteiger charge is -2.03. The van der Waals surface area contributed by atoms with Crippen molar-refractivity contribution in [3.05, 3.63) is 64.2 Å². The maximum Gasteiger partial charge on any atom is 0.336 e. The molecule has 19 heavy (non-hydrogen) atoms. The first-order valence-electron chi connectivity index (χ1n) is 5.71. The highest BCUT2D eigenvalue weighted by Gasteiger charge is 2.07. The predicted octanol–water partition coefficient (Wildman–Crippen LogP) is 4.10. The fraction of sp³-hybridized carbons (Fsp3) is 0.0667. The van der Waals surface area contributed by atoms with Crippen molar-refractivity contribution in [1.29, 1.82) is 0 Å². The van der Waals surface area contributed by atoms with Gasteiger partial charge >= 0.3 is 5.97 Å². The van der Waals surface area contributed by atoms with Gasteiger partial charge in [0.15, 0.2) is 0 Å². The summed E-state index contributed by atoms with van der Waals surface area (Å²) in [6.07, 6.45) is 1.54. The number of aromatic carboxylic acids is 1. The van der Waals surface area contributed by atoms with E-state index in [4.69, 9.17) is 16.7 Å². The molecular weight excluding hydrogens is 262 g/mol. The van der Waals surface area contributed by atoms with E-state index < -0.39 is 5.97 Å². The van der Waals surface area contributed by atoms with Crippen LogP contribution in [0.5, 0.6) is 0 Å². The van der Waals surface area contributed by atoms with Gasteiger partial charge < -0.3 is 5.11 Å². The molecule has 0 unspecified atom stereocenters. The highest BCUT2D eigenvalue weighted by molar-refractivity contribution is 6.31. The molecule has 0 saturated heterocycles. The first-order chi connectivity index (χ1) is 9.09. The molecule has 2 aromatic carbocycles. The van der Waals surface area contributed by atoms with Crippen molar-refractivity contribution in [2.45, 2.75) is 6.92 Å². The molecule has 2 aromatic rings. The number of hydrogen-bond donors (Lipinski definition) is 1. The number of benzene rings is 2. The number of halogens is 1. The Hall–Kier alpha value is -2.13. The molecule has 0 bridgehead atoms. The van der Waals surface area contributed by atoms with Gasteiger partial charge in [-0.1, -0.05) is 35.9 Å². The Labute approximate surface area is 116 Å². The van der Waals surface area contributed by atoms with Gasteiger partial charge in [-0.2, -0.15) is 0 Å². The maximum atomic E-state index is 11.1. The van der Waals surface area contributed by atoms with Crippen LogP contribution in [0.3, 0.4) is 0 Å². The molecule has 4 heteroatoms. The molecule has 0 fully saturated rings. The van der Waals surface area contributed by atoms with Gasteiger partial charge in [0.2, 0.25) is 0 Å². The van der Waals surface area contributed by atoms with E-state index >= 15 is 0 Å². The van der Waals surface area contributed by atoms with E-state index in [0.717, 1.165) is 11.3 Å². The van der Waals surface area contributed by atoms with Crippen molar-refractivity contribution in [1.82, 2.24) is 0 Å². The molecule has 0 heterocycles. The van der Waals surface area contributed by atoms with Crippen LogP contribution in [0.2, 0.25) is 5.02 Å². The molecule has 96 valence electrons. The van der Waals surface area contributed by atoms with Crippen molar-refractivity contribution >= 4 is 29.5 Å². The summed E-state index contributed by atoms with van der Waals surface area (Å²) < 4.78 is 0. The Balaban J connectivity index is 2.38.